The molecule has 0 spiro atoms. The molecule has 1 fully saturated rings. The van der Waals surface area contributed by atoms with Crippen LogP contribution in [0.2, 0.25) is 0 Å². The Bertz CT molecular complexity index is 310. The summed E-state index contributed by atoms with van der Waals surface area (Å²) in [4.78, 5) is 0. The average Bonchev–Trinajstić information content (AvgIpc) is 3.01. The highest BCUT2D eigenvalue weighted by Gasteiger charge is 2.19. The second kappa shape index (κ2) is 5.55. The summed E-state index contributed by atoms with van der Waals surface area (Å²) in [6.45, 7) is 7.33. The Hall–Kier alpha value is -0.730. The fourth-order valence-electron chi connectivity index (χ4n) is 1.12. The van der Waals surface area contributed by atoms with Crippen LogP contribution in [0, 0.1) is 0 Å². The molecule has 1 N–H and O–H groups in total. The van der Waals surface area contributed by atoms with Gasteiger partial charge in [0, 0.05) is 0 Å². The second-order valence-electron chi connectivity index (χ2n) is 4.91. The van der Waals surface area contributed by atoms with Gasteiger partial charge in [-0.3, -0.25) is 0 Å². The van der Waals surface area contributed by atoms with Gasteiger partial charge in [-0.2, -0.15) is 0 Å². The predicted molar refractivity (Wildman–Crippen MR) is 67.3 cm³/mol. The molecule has 2 nitrogen and oxygen atoms in total. The monoisotopic (exact) mass is 242 g/mol. The van der Waals surface area contributed by atoms with Crippen LogP contribution in [0.1, 0.15) is 26.3 Å². The highest BCUT2D eigenvalue weighted by Crippen LogP contribution is 2.23. The van der Waals surface area contributed by atoms with Crippen LogP contribution in [-0.2, 0) is 10.2 Å². The first-order valence-electron chi connectivity index (χ1n) is 5.40. The van der Waals surface area contributed by atoms with Crippen LogP contribution in [0.3, 0.4) is 0 Å². The van der Waals surface area contributed by atoms with E-state index in [0.717, 1.165) is 6.61 Å². The predicted octanol–water partition coefficient (Wildman–Crippen LogP) is 3.31. The summed E-state index contributed by atoms with van der Waals surface area (Å²) in [5.74, 6) is 0.998. The standard InChI is InChI=1S/C10H14O.C3H5ClO/c1-10(2,3)8-4-6-9(11)7-5-8;4-1-3-2-5-3/h4-7,11H,1-3H3;3H,1-2H2. The number of epoxide rings is 1. The topological polar surface area (TPSA) is 32.8 Å². The van der Waals surface area contributed by atoms with Crippen LogP contribution >= 0.6 is 11.6 Å². The Kier molecular flexibility index (Phi) is 4.63. The summed E-state index contributed by atoms with van der Waals surface area (Å²) in [7, 11) is 0. The van der Waals surface area contributed by atoms with E-state index in [0.29, 0.717) is 17.7 Å². The molecule has 1 aliphatic heterocycles. The molecule has 0 saturated carbocycles. The first-order valence-corrected chi connectivity index (χ1v) is 5.94. The summed E-state index contributed by atoms with van der Waals surface area (Å²) in [5, 5.41) is 9.02. The molecule has 0 aromatic heterocycles. The van der Waals surface area contributed by atoms with E-state index in [1.165, 1.54) is 5.56 Å². The number of hydrogen-bond donors (Lipinski definition) is 1. The SMILES string of the molecule is CC(C)(C)c1ccc(O)cc1.ClCC1CO1. The van der Waals surface area contributed by atoms with Gasteiger partial charge in [-0.1, -0.05) is 32.9 Å². The van der Waals surface area contributed by atoms with Crippen molar-refractivity contribution in [2.24, 2.45) is 0 Å². The summed E-state index contributed by atoms with van der Waals surface area (Å²) in [5.41, 5.74) is 1.42. The molecule has 0 bridgehead atoms. The zero-order chi connectivity index (χ0) is 12.2. The van der Waals surface area contributed by atoms with E-state index in [1.807, 2.05) is 12.1 Å². The summed E-state index contributed by atoms with van der Waals surface area (Å²) in [6, 6.07) is 7.35. The van der Waals surface area contributed by atoms with Gasteiger partial charge in [0.1, 0.15) is 5.75 Å². The number of aromatic hydroxyl groups is 1. The maximum atomic E-state index is 9.02. The van der Waals surface area contributed by atoms with Gasteiger partial charge in [-0.15, -0.1) is 11.6 Å². The first-order chi connectivity index (χ1) is 7.43. The maximum absolute atomic E-state index is 9.02. The van der Waals surface area contributed by atoms with Gasteiger partial charge in [0.15, 0.2) is 0 Å². The van der Waals surface area contributed by atoms with Gasteiger partial charge in [-0.05, 0) is 23.1 Å². The fraction of sp³-hybridized carbons (Fsp3) is 0.538. The minimum absolute atomic E-state index is 0.174. The van der Waals surface area contributed by atoms with Crippen molar-refractivity contribution in [3.05, 3.63) is 29.8 Å². The lowest BCUT2D eigenvalue weighted by atomic mass is 9.87. The van der Waals surface area contributed by atoms with Crippen molar-refractivity contribution in [1.29, 1.82) is 0 Å². The largest absolute Gasteiger partial charge is 0.508 e. The third kappa shape index (κ3) is 4.86. The van der Waals surface area contributed by atoms with Crippen LogP contribution in [-0.4, -0.2) is 23.7 Å². The number of benzene rings is 1. The Morgan fingerprint density at radius 3 is 2.06 bits per heavy atom. The highest BCUT2D eigenvalue weighted by molar-refractivity contribution is 6.18. The van der Waals surface area contributed by atoms with Gasteiger partial charge < -0.3 is 9.84 Å². The molecule has 3 heteroatoms. The number of phenolic OH excluding ortho intramolecular Hbond substituents is 1. The van der Waals surface area contributed by atoms with Crippen molar-refractivity contribution in [3.63, 3.8) is 0 Å². The van der Waals surface area contributed by atoms with Crippen molar-refractivity contribution in [3.8, 4) is 5.75 Å². The van der Waals surface area contributed by atoms with Crippen LogP contribution in [0.25, 0.3) is 0 Å². The Morgan fingerprint density at radius 1 is 1.31 bits per heavy atom. The van der Waals surface area contributed by atoms with Crippen molar-refractivity contribution >= 4 is 11.6 Å². The van der Waals surface area contributed by atoms with Gasteiger partial charge in [0.2, 0.25) is 0 Å². The zero-order valence-corrected chi connectivity index (χ0v) is 10.8. The third-order valence-corrected chi connectivity index (χ3v) is 2.65. The fourth-order valence-corrected chi connectivity index (χ4v) is 1.30. The van der Waals surface area contributed by atoms with E-state index >= 15 is 0 Å². The van der Waals surface area contributed by atoms with Gasteiger partial charge >= 0.3 is 0 Å². The molecule has 90 valence electrons. The molecule has 1 aromatic carbocycles. The van der Waals surface area contributed by atoms with Crippen LogP contribution in [0.4, 0.5) is 0 Å². The van der Waals surface area contributed by atoms with E-state index < -0.39 is 0 Å². The van der Waals surface area contributed by atoms with E-state index in [9.17, 15) is 0 Å². The normalized spacial score (nSPS) is 18.6. The molecule has 2 rings (SSSR count). The smallest absolute Gasteiger partial charge is 0.115 e. The molecule has 1 aromatic rings. The third-order valence-electron chi connectivity index (χ3n) is 2.31. The molecule has 1 atom stereocenters. The Labute approximate surface area is 102 Å². The minimum atomic E-state index is 0.174. The van der Waals surface area contributed by atoms with E-state index in [4.69, 9.17) is 21.4 Å². The highest BCUT2D eigenvalue weighted by atomic mass is 35.5. The molecular weight excluding hydrogens is 224 g/mol. The van der Waals surface area contributed by atoms with Crippen molar-refractivity contribution < 1.29 is 9.84 Å². The Balaban J connectivity index is 0.000000212. The lowest BCUT2D eigenvalue weighted by Crippen LogP contribution is -2.10. The van der Waals surface area contributed by atoms with Crippen molar-refractivity contribution in [2.75, 3.05) is 12.5 Å². The number of halogens is 1. The molecule has 1 aliphatic rings. The molecule has 1 saturated heterocycles. The van der Waals surface area contributed by atoms with Crippen LogP contribution in [0.5, 0.6) is 5.75 Å². The first kappa shape index (κ1) is 13.3. The number of phenols is 1. The van der Waals surface area contributed by atoms with Crippen LogP contribution < -0.4 is 0 Å². The molecule has 16 heavy (non-hydrogen) atoms. The van der Waals surface area contributed by atoms with Gasteiger partial charge in [0.25, 0.3) is 0 Å². The lowest BCUT2D eigenvalue weighted by Gasteiger charge is -2.18. The molecule has 1 unspecified atom stereocenters. The van der Waals surface area contributed by atoms with E-state index in [-0.39, 0.29) is 5.41 Å². The lowest BCUT2D eigenvalue weighted by molar-refractivity contribution is 0.425. The molecule has 0 amide bonds. The van der Waals surface area contributed by atoms with E-state index in [1.54, 1.807) is 12.1 Å². The molecule has 0 aliphatic carbocycles. The van der Waals surface area contributed by atoms with Crippen molar-refractivity contribution in [2.45, 2.75) is 32.3 Å². The number of hydrogen-bond acceptors (Lipinski definition) is 2. The van der Waals surface area contributed by atoms with Gasteiger partial charge in [0.05, 0.1) is 18.6 Å². The summed E-state index contributed by atoms with van der Waals surface area (Å²) >= 11 is 5.27. The van der Waals surface area contributed by atoms with Gasteiger partial charge in [-0.25, -0.2) is 0 Å². The summed E-state index contributed by atoms with van der Waals surface area (Å²) < 4.78 is 4.73. The van der Waals surface area contributed by atoms with E-state index in [2.05, 4.69) is 20.8 Å². The average molecular weight is 243 g/mol. The quantitative estimate of drug-likeness (QED) is 0.605. The molecule has 1 heterocycles. The molecule has 0 radical (unpaired) electrons. The number of alkyl halides is 1. The minimum Gasteiger partial charge on any atom is -0.508 e. The Morgan fingerprint density at radius 2 is 1.81 bits per heavy atom. The maximum Gasteiger partial charge on any atom is 0.115 e. The zero-order valence-electron chi connectivity index (χ0n) is 10.0. The van der Waals surface area contributed by atoms with Crippen LogP contribution in [0.15, 0.2) is 24.3 Å². The number of ether oxygens (including phenoxy) is 1. The molecular formula is C13H19ClO2. The second-order valence-corrected chi connectivity index (χ2v) is 5.22. The van der Waals surface area contributed by atoms with Crippen molar-refractivity contribution in [1.82, 2.24) is 0 Å². The summed E-state index contributed by atoms with van der Waals surface area (Å²) in [6.07, 6.45) is 0.400. The number of rotatable bonds is 1.